The molecule has 140 valence electrons. The van der Waals surface area contributed by atoms with Crippen LogP contribution in [0.5, 0.6) is 0 Å². The molecule has 0 unspecified atom stereocenters. The summed E-state index contributed by atoms with van der Waals surface area (Å²) in [6.45, 7) is 5.31. The highest BCUT2D eigenvalue weighted by atomic mass is 16.5. The third-order valence-electron chi connectivity index (χ3n) is 6.52. The topological polar surface area (TPSA) is 9.23 Å². The van der Waals surface area contributed by atoms with Crippen LogP contribution in [-0.2, 0) is 4.74 Å². The zero-order valence-corrected chi connectivity index (χ0v) is 16.5. The van der Waals surface area contributed by atoms with Crippen molar-refractivity contribution in [2.45, 2.75) is 110 Å². The second-order valence-corrected chi connectivity index (χ2v) is 8.48. The minimum atomic E-state index is 0.583. The third-order valence-corrected chi connectivity index (χ3v) is 6.52. The highest BCUT2D eigenvalue weighted by Crippen LogP contribution is 2.37. The van der Waals surface area contributed by atoms with Gasteiger partial charge in [0, 0.05) is 6.61 Å². The van der Waals surface area contributed by atoms with Crippen LogP contribution in [0.3, 0.4) is 0 Å². The Bertz CT molecular complexity index is 319. The summed E-state index contributed by atoms with van der Waals surface area (Å²) < 4.78 is 5.93. The number of unbranched alkanes of at least 4 members (excludes halogenated alkanes) is 1. The smallest absolute Gasteiger partial charge is 0.0575 e. The molecule has 0 N–H and O–H groups in total. The summed E-state index contributed by atoms with van der Waals surface area (Å²) in [5, 5.41) is 0. The summed E-state index contributed by atoms with van der Waals surface area (Å²) in [6.07, 6.45) is 25.0. The average molecular weight is 335 g/mol. The van der Waals surface area contributed by atoms with Gasteiger partial charge in [-0.3, -0.25) is 0 Å². The van der Waals surface area contributed by atoms with E-state index in [4.69, 9.17) is 4.74 Å². The monoisotopic (exact) mass is 334 g/mol. The van der Waals surface area contributed by atoms with Crippen molar-refractivity contribution >= 4 is 0 Å². The first-order valence-corrected chi connectivity index (χ1v) is 11.0. The van der Waals surface area contributed by atoms with Gasteiger partial charge in [-0.15, -0.1) is 0 Å². The fourth-order valence-electron chi connectivity index (χ4n) is 4.84. The standard InChI is InChI=1S/C23H42O/c1-3-5-6-7-8-20-9-11-21(12-10-20)13-14-22-15-17-23(18-16-22)24-19-4-2/h3,5,20-23H,4,6-19H2,1-2H3/b5-3-. The molecule has 0 aliphatic heterocycles. The van der Waals surface area contributed by atoms with E-state index in [0.717, 1.165) is 30.8 Å². The SMILES string of the molecule is C/C=C\CCCC1CCC(CCC2CCC(OCCC)CC2)CC1. The maximum absolute atomic E-state index is 5.93. The number of hydrogen-bond donors (Lipinski definition) is 0. The molecule has 0 atom stereocenters. The molecule has 0 saturated heterocycles. The minimum Gasteiger partial charge on any atom is -0.378 e. The zero-order chi connectivity index (χ0) is 17.0. The van der Waals surface area contributed by atoms with Crippen LogP contribution in [0.15, 0.2) is 12.2 Å². The molecule has 0 aromatic heterocycles. The van der Waals surface area contributed by atoms with Crippen molar-refractivity contribution < 1.29 is 4.74 Å². The number of allylic oxidation sites excluding steroid dienone is 2. The lowest BCUT2D eigenvalue weighted by molar-refractivity contribution is 0.0168. The first kappa shape index (κ1) is 20.0. The number of rotatable bonds is 10. The summed E-state index contributed by atoms with van der Waals surface area (Å²) in [4.78, 5) is 0. The van der Waals surface area contributed by atoms with Crippen molar-refractivity contribution in [3.05, 3.63) is 12.2 Å². The van der Waals surface area contributed by atoms with Gasteiger partial charge in [-0.2, -0.15) is 0 Å². The van der Waals surface area contributed by atoms with Crippen LogP contribution >= 0.6 is 0 Å². The van der Waals surface area contributed by atoms with Crippen LogP contribution in [0.1, 0.15) is 104 Å². The molecule has 1 heteroatoms. The Morgan fingerprint density at radius 1 is 0.792 bits per heavy atom. The molecule has 0 aromatic carbocycles. The van der Waals surface area contributed by atoms with Gasteiger partial charge in [0.1, 0.15) is 0 Å². The Labute approximate surface area is 151 Å². The van der Waals surface area contributed by atoms with Gasteiger partial charge in [0.15, 0.2) is 0 Å². The lowest BCUT2D eigenvalue weighted by atomic mass is 9.76. The number of ether oxygens (including phenoxy) is 1. The molecular weight excluding hydrogens is 292 g/mol. The quantitative estimate of drug-likeness (QED) is 0.301. The highest BCUT2D eigenvalue weighted by Gasteiger charge is 2.24. The second kappa shape index (κ2) is 12.1. The molecule has 0 bridgehead atoms. The molecule has 0 spiro atoms. The van der Waals surface area contributed by atoms with Gasteiger partial charge in [-0.05, 0) is 69.6 Å². The van der Waals surface area contributed by atoms with E-state index in [2.05, 4.69) is 26.0 Å². The molecule has 0 amide bonds. The van der Waals surface area contributed by atoms with E-state index in [1.807, 2.05) is 0 Å². The van der Waals surface area contributed by atoms with Crippen LogP contribution in [-0.4, -0.2) is 12.7 Å². The maximum atomic E-state index is 5.93. The Morgan fingerprint density at radius 2 is 1.33 bits per heavy atom. The van der Waals surface area contributed by atoms with E-state index in [9.17, 15) is 0 Å². The van der Waals surface area contributed by atoms with Gasteiger partial charge < -0.3 is 4.74 Å². The van der Waals surface area contributed by atoms with Crippen LogP contribution < -0.4 is 0 Å². The third kappa shape index (κ3) is 7.72. The van der Waals surface area contributed by atoms with Gasteiger partial charge >= 0.3 is 0 Å². The van der Waals surface area contributed by atoms with Gasteiger partial charge in [0.05, 0.1) is 6.10 Å². The number of hydrogen-bond acceptors (Lipinski definition) is 1. The zero-order valence-electron chi connectivity index (χ0n) is 16.5. The molecular formula is C23H42O. The maximum Gasteiger partial charge on any atom is 0.0575 e. The van der Waals surface area contributed by atoms with Crippen molar-refractivity contribution in [2.75, 3.05) is 6.61 Å². The Hall–Kier alpha value is -0.300. The molecule has 0 heterocycles. The van der Waals surface area contributed by atoms with Gasteiger partial charge in [-0.1, -0.05) is 64.0 Å². The van der Waals surface area contributed by atoms with Gasteiger partial charge in [0.2, 0.25) is 0 Å². The van der Waals surface area contributed by atoms with Crippen molar-refractivity contribution in [3.8, 4) is 0 Å². The molecule has 2 aliphatic carbocycles. The van der Waals surface area contributed by atoms with E-state index in [1.165, 1.54) is 83.5 Å². The largest absolute Gasteiger partial charge is 0.378 e. The van der Waals surface area contributed by atoms with Crippen molar-refractivity contribution in [3.63, 3.8) is 0 Å². The fourth-order valence-corrected chi connectivity index (χ4v) is 4.84. The Kier molecular flexibility index (Phi) is 10.1. The first-order valence-electron chi connectivity index (χ1n) is 11.0. The predicted octanol–water partition coefficient (Wildman–Crippen LogP) is 7.30. The van der Waals surface area contributed by atoms with E-state index in [1.54, 1.807) is 0 Å². The summed E-state index contributed by atoms with van der Waals surface area (Å²) in [5.74, 6) is 3.09. The predicted molar refractivity (Wildman–Crippen MR) is 105 cm³/mol. The Morgan fingerprint density at radius 3 is 1.88 bits per heavy atom. The average Bonchev–Trinajstić information content (AvgIpc) is 2.64. The summed E-state index contributed by atoms with van der Waals surface area (Å²) in [6, 6.07) is 0. The van der Waals surface area contributed by atoms with Crippen LogP contribution in [0.4, 0.5) is 0 Å². The molecule has 2 fully saturated rings. The second-order valence-electron chi connectivity index (χ2n) is 8.48. The summed E-state index contributed by atoms with van der Waals surface area (Å²) in [5.41, 5.74) is 0. The molecule has 0 radical (unpaired) electrons. The van der Waals surface area contributed by atoms with E-state index >= 15 is 0 Å². The molecule has 1 nitrogen and oxygen atoms in total. The molecule has 2 aliphatic rings. The van der Waals surface area contributed by atoms with E-state index < -0.39 is 0 Å². The van der Waals surface area contributed by atoms with Crippen LogP contribution in [0.2, 0.25) is 0 Å². The lowest BCUT2D eigenvalue weighted by Gasteiger charge is -2.32. The van der Waals surface area contributed by atoms with Crippen molar-refractivity contribution in [1.82, 2.24) is 0 Å². The molecule has 0 aromatic rings. The van der Waals surface area contributed by atoms with Crippen molar-refractivity contribution in [2.24, 2.45) is 17.8 Å². The van der Waals surface area contributed by atoms with Gasteiger partial charge in [0.25, 0.3) is 0 Å². The van der Waals surface area contributed by atoms with E-state index in [0.29, 0.717) is 6.10 Å². The lowest BCUT2D eigenvalue weighted by Crippen LogP contribution is -2.23. The molecule has 2 saturated carbocycles. The van der Waals surface area contributed by atoms with Crippen LogP contribution in [0.25, 0.3) is 0 Å². The molecule has 2 rings (SSSR count). The highest BCUT2D eigenvalue weighted by molar-refractivity contribution is 4.79. The molecule has 24 heavy (non-hydrogen) atoms. The summed E-state index contributed by atoms with van der Waals surface area (Å²) >= 11 is 0. The normalized spacial score (nSPS) is 31.6. The van der Waals surface area contributed by atoms with Gasteiger partial charge in [-0.25, -0.2) is 0 Å². The van der Waals surface area contributed by atoms with Crippen molar-refractivity contribution in [1.29, 1.82) is 0 Å². The van der Waals surface area contributed by atoms with Crippen LogP contribution in [0, 0.1) is 17.8 Å². The first-order chi connectivity index (χ1) is 11.8. The minimum absolute atomic E-state index is 0.583. The fraction of sp³-hybridized carbons (Fsp3) is 0.913. The Balaban J connectivity index is 1.50. The van der Waals surface area contributed by atoms with E-state index in [-0.39, 0.29) is 0 Å². The summed E-state index contributed by atoms with van der Waals surface area (Å²) in [7, 11) is 0.